The second kappa shape index (κ2) is 9.21. The Morgan fingerprint density at radius 1 is 1.26 bits per heavy atom. The fourth-order valence-corrected chi connectivity index (χ4v) is 4.59. The molecule has 2 unspecified atom stereocenters. The van der Waals surface area contributed by atoms with E-state index in [0.29, 0.717) is 18.4 Å². The molecular weight excluding hydrogens is 422 g/mol. The van der Waals surface area contributed by atoms with Crippen LogP contribution >= 0.6 is 0 Å². The van der Waals surface area contributed by atoms with Crippen LogP contribution in [-0.4, -0.2) is 37.2 Å². The molecule has 0 radical (unpaired) electrons. The number of nitrogens with zero attached hydrogens (tertiary/aromatic N) is 4. The van der Waals surface area contributed by atoms with Crippen molar-refractivity contribution in [2.24, 2.45) is 11.8 Å². The van der Waals surface area contributed by atoms with Crippen LogP contribution in [0.1, 0.15) is 12.8 Å². The minimum absolute atomic E-state index is 0.435. The summed E-state index contributed by atoms with van der Waals surface area (Å²) in [5, 5.41) is 3.46. The monoisotopic (exact) mass is 453 g/mol. The average molecular weight is 454 g/mol. The molecule has 2 aromatic rings. The van der Waals surface area contributed by atoms with Crippen LogP contribution in [0.5, 0.6) is 5.75 Å². The molecule has 34 heavy (non-hydrogen) atoms. The molecule has 0 amide bonds. The molecule has 6 nitrogen and oxygen atoms in total. The standard InChI is InChI=1S/C28H31N5O/c1-5-8-19(6-2)18-34-23-10-7-9-22(16-23)29-25-17-26(32(3)4)31-28(30-25)33-14-13-20-11-12-21-15-24(21)27(20)33/h5-12,16-17,21,24H,1-2,13-15,18H2,3-4H3,(H,29,30,31)/b19-8+. The van der Waals surface area contributed by atoms with Gasteiger partial charge in [-0.25, -0.2) is 0 Å². The minimum Gasteiger partial charge on any atom is -0.489 e. The van der Waals surface area contributed by atoms with E-state index in [4.69, 9.17) is 14.7 Å². The predicted octanol–water partition coefficient (Wildman–Crippen LogP) is 5.63. The van der Waals surface area contributed by atoms with Gasteiger partial charge in [-0.1, -0.05) is 49.6 Å². The van der Waals surface area contributed by atoms with Crippen LogP contribution in [0.4, 0.5) is 23.3 Å². The molecule has 174 valence electrons. The Labute approximate surface area is 201 Å². The summed E-state index contributed by atoms with van der Waals surface area (Å²) in [4.78, 5) is 14.2. The van der Waals surface area contributed by atoms with Gasteiger partial charge in [0.1, 0.15) is 24.0 Å². The average Bonchev–Trinajstić information content (AvgIpc) is 3.51. The Balaban J connectivity index is 1.38. The molecule has 0 bridgehead atoms. The first-order valence-corrected chi connectivity index (χ1v) is 11.7. The Morgan fingerprint density at radius 3 is 2.94 bits per heavy atom. The number of ether oxygens (including phenoxy) is 1. The van der Waals surface area contributed by atoms with E-state index in [1.54, 1.807) is 12.2 Å². The molecule has 1 N–H and O–H groups in total. The summed E-state index contributed by atoms with van der Waals surface area (Å²) in [6.45, 7) is 8.92. The third-order valence-electron chi connectivity index (χ3n) is 6.47. The first-order chi connectivity index (χ1) is 16.6. The van der Waals surface area contributed by atoms with Gasteiger partial charge < -0.3 is 19.9 Å². The summed E-state index contributed by atoms with van der Waals surface area (Å²) in [5.74, 6) is 4.49. The Morgan fingerprint density at radius 2 is 2.15 bits per heavy atom. The third kappa shape index (κ3) is 4.49. The molecule has 5 rings (SSSR count). The van der Waals surface area contributed by atoms with Gasteiger partial charge >= 0.3 is 0 Å². The van der Waals surface area contributed by atoms with E-state index in [0.717, 1.165) is 47.6 Å². The molecule has 6 heteroatoms. The lowest BCUT2D eigenvalue weighted by Gasteiger charge is -2.24. The van der Waals surface area contributed by atoms with Crippen LogP contribution in [0.15, 0.2) is 90.7 Å². The van der Waals surface area contributed by atoms with Crippen molar-refractivity contribution >= 4 is 23.3 Å². The van der Waals surface area contributed by atoms with E-state index in [1.807, 2.05) is 55.4 Å². The maximum atomic E-state index is 5.94. The van der Waals surface area contributed by atoms with Crippen LogP contribution < -0.4 is 19.9 Å². The largest absolute Gasteiger partial charge is 0.489 e. The molecule has 1 aromatic carbocycles. The van der Waals surface area contributed by atoms with Crippen molar-refractivity contribution in [1.29, 1.82) is 0 Å². The molecule has 1 aromatic heterocycles. The number of fused-ring (bicyclic) bond motifs is 2. The summed E-state index contributed by atoms with van der Waals surface area (Å²) < 4.78 is 5.94. The van der Waals surface area contributed by atoms with Crippen LogP contribution in [0.25, 0.3) is 0 Å². The van der Waals surface area contributed by atoms with E-state index in [9.17, 15) is 0 Å². The molecule has 2 aliphatic carbocycles. The highest BCUT2D eigenvalue weighted by Gasteiger charge is 2.46. The Kier molecular flexibility index (Phi) is 5.97. The van der Waals surface area contributed by atoms with Gasteiger partial charge in [0.05, 0.1) is 0 Å². The van der Waals surface area contributed by atoms with E-state index < -0.39 is 0 Å². The van der Waals surface area contributed by atoms with E-state index in [-0.39, 0.29) is 0 Å². The number of rotatable bonds is 9. The number of anilines is 4. The number of nitrogens with one attached hydrogen (secondary N) is 1. The Hall–Kier alpha value is -3.80. The SMILES string of the molecule is C=C/C=C(\C=C)COc1cccc(Nc2cc(N(C)C)nc(N3CCC4=C3C3CC3C=C4)n2)c1. The minimum atomic E-state index is 0.435. The van der Waals surface area contributed by atoms with Gasteiger partial charge in [-0.2, -0.15) is 9.97 Å². The highest BCUT2D eigenvalue weighted by atomic mass is 16.5. The van der Waals surface area contributed by atoms with Crippen LogP contribution in [0, 0.1) is 11.8 Å². The van der Waals surface area contributed by atoms with Crippen LogP contribution in [0.2, 0.25) is 0 Å². The molecule has 1 saturated carbocycles. The van der Waals surface area contributed by atoms with Crippen molar-refractivity contribution in [2.75, 3.05) is 42.4 Å². The van der Waals surface area contributed by atoms with Crippen LogP contribution in [-0.2, 0) is 0 Å². The highest BCUT2D eigenvalue weighted by molar-refractivity contribution is 5.65. The van der Waals surface area contributed by atoms with Crippen molar-refractivity contribution in [1.82, 2.24) is 9.97 Å². The number of hydrogen-bond acceptors (Lipinski definition) is 6. The topological polar surface area (TPSA) is 53.5 Å². The van der Waals surface area contributed by atoms with Crippen molar-refractivity contribution in [3.8, 4) is 5.75 Å². The Bertz CT molecular complexity index is 1210. The molecule has 3 aliphatic rings. The smallest absolute Gasteiger partial charge is 0.233 e. The molecular formula is C28H31N5O. The molecule has 1 aliphatic heterocycles. The second-order valence-corrected chi connectivity index (χ2v) is 9.11. The van der Waals surface area contributed by atoms with Gasteiger partial charge in [-0.15, -0.1) is 0 Å². The lowest BCUT2D eigenvalue weighted by molar-refractivity contribution is 0.356. The molecule has 0 spiro atoms. The molecule has 2 atom stereocenters. The number of aromatic nitrogens is 2. The zero-order valence-corrected chi connectivity index (χ0v) is 19.9. The zero-order chi connectivity index (χ0) is 23.7. The first-order valence-electron chi connectivity index (χ1n) is 11.7. The summed E-state index contributed by atoms with van der Waals surface area (Å²) in [6.07, 6.45) is 12.4. The van der Waals surface area contributed by atoms with Gasteiger partial charge in [-0.05, 0) is 42.0 Å². The third-order valence-corrected chi connectivity index (χ3v) is 6.47. The maximum Gasteiger partial charge on any atom is 0.233 e. The fraction of sp³-hybridized carbons (Fsp3) is 0.286. The zero-order valence-electron chi connectivity index (χ0n) is 19.9. The van der Waals surface area contributed by atoms with Crippen molar-refractivity contribution in [2.45, 2.75) is 12.8 Å². The van der Waals surface area contributed by atoms with Gasteiger partial charge in [0, 0.05) is 50.1 Å². The number of benzene rings is 1. The second-order valence-electron chi connectivity index (χ2n) is 9.11. The van der Waals surface area contributed by atoms with Crippen molar-refractivity contribution < 1.29 is 4.74 Å². The fourth-order valence-electron chi connectivity index (χ4n) is 4.59. The molecule has 1 fully saturated rings. The van der Waals surface area contributed by atoms with Gasteiger partial charge in [0.2, 0.25) is 5.95 Å². The van der Waals surface area contributed by atoms with Gasteiger partial charge in [0.25, 0.3) is 0 Å². The quantitative estimate of drug-likeness (QED) is 0.497. The van der Waals surface area contributed by atoms with Gasteiger partial charge in [0.15, 0.2) is 0 Å². The van der Waals surface area contributed by atoms with E-state index in [2.05, 4.69) is 35.5 Å². The van der Waals surface area contributed by atoms with E-state index in [1.165, 1.54) is 17.7 Å². The van der Waals surface area contributed by atoms with Gasteiger partial charge in [-0.3, -0.25) is 0 Å². The maximum absolute atomic E-state index is 5.94. The number of allylic oxidation sites excluding steroid dienone is 5. The summed E-state index contributed by atoms with van der Waals surface area (Å²) in [5.41, 5.74) is 4.75. The van der Waals surface area contributed by atoms with E-state index >= 15 is 0 Å². The lowest BCUT2D eigenvalue weighted by Crippen LogP contribution is -2.24. The molecule has 2 heterocycles. The molecule has 0 saturated heterocycles. The first kappa shape index (κ1) is 22.0. The lowest BCUT2D eigenvalue weighted by atomic mass is 10.0. The summed E-state index contributed by atoms with van der Waals surface area (Å²) in [7, 11) is 4.01. The van der Waals surface area contributed by atoms with Crippen LogP contribution in [0.3, 0.4) is 0 Å². The van der Waals surface area contributed by atoms with Crippen molar-refractivity contribution in [3.63, 3.8) is 0 Å². The number of hydrogen-bond donors (Lipinski definition) is 1. The predicted molar refractivity (Wildman–Crippen MR) is 140 cm³/mol. The highest BCUT2D eigenvalue weighted by Crippen LogP contribution is 2.53. The normalized spacial score (nSPS) is 20.5. The summed E-state index contributed by atoms with van der Waals surface area (Å²) >= 11 is 0. The van der Waals surface area contributed by atoms with Crippen molar-refractivity contribution in [3.05, 3.63) is 90.7 Å². The summed E-state index contributed by atoms with van der Waals surface area (Å²) in [6, 6.07) is 9.87.